The lowest BCUT2D eigenvalue weighted by Gasteiger charge is -2.13. The average molecular weight is 316 g/mol. The highest BCUT2D eigenvalue weighted by atomic mass is 79.9. The van der Waals surface area contributed by atoms with E-state index in [0.717, 1.165) is 0 Å². The number of hydrogen-bond acceptors (Lipinski definition) is 4. The minimum absolute atomic E-state index is 0.0706. The molecule has 1 aromatic heterocycles. The number of amides is 1. The summed E-state index contributed by atoms with van der Waals surface area (Å²) in [6.07, 6.45) is 2.87. The highest BCUT2D eigenvalue weighted by Crippen LogP contribution is 2.15. The van der Waals surface area contributed by atoms with Gasteiger partial charge in [-0.3, -0.25) is 9.59 Å². The van der Waals surface area contributed by atoms with Gasteiger partial charge in [0, 0.05) is 13.1 Å². The minimum atomic E-state index is -0.428. The molecule has 1 rings (SSSR count). The molecule has 0 atom stereocenters. The van der Waals surface area contributed by atoms with Gasteiger partial charge in [0.1, 0.15) is 12.3 Å². The van der Waals surface area contributed by atoms with Crippen LogP contribution in [0.15, 0.2) is 27.3 Å². The molecule has 0 radical (unpaired) electrons. The van der Waals surface area contributed by atoms with Crippen LogP contribution >= 0.6 is 15.9 Å². The SMILES string of the molecule is CCOC(=O)CN(C)C(=O)/C=C/c1ccc(Br)o1. The number of esters is 1. The summed E-state index contributed by atoms with van der Waals surface area (Å²) in [5, 5.41) is 0. The third kappa shape index (κ3) is 4.75. The van der Waals surface area contributed by atoms with Gasteiger partial charge in [0.15, 0.2) is 4.67 Å². The predicted octanol–water partition coefficient (Wildman–Crippen LogP) is 2.08. The maximum absolute atomic E-state index is 11.6. The fraction of sp³-hybridized carbons (Fsp3) is 0.333. The van der Waals surface area contributed by atoms with E-state index < -0.39 is 5.97 Å². The van der Waals surface area contributed by atoms with E-state index in [4.69, 9.17) is 9.15 Å². The second-order valence-corrected chi connectivity index (χ2v) is 4.26. The van der Waals surface area contributed by atoms with Gasteiger partial charge < -0.3 is 14.1 Å². The summed E-state index contributed by atoms with van der Waals surface area (Å²) in [6.45, 7) is 1.95. The van der Waals surface area contributed by atoms with Crippen molar-refractivity contribution in [1.29, 1.82) is 0 Å². The topological polar surface area (TPSA) is 59.8 Å². The lowest BCUT2D eigenvalue weighted by molar-refractivity contribution is -0.146. The summed E-state index contributed by atoms with van der Waals surface area (Å²) in [7, 11) is 1.53. The first-order valence-electron chi connectivity index (χ1n) is 5.37. The Hall–Kier alpha value is -1.56. The van der Waals surface area contributed by atoms with Gasteiger partial charge in [-0.2, -0.15) is 0 Å². The molecular weight excluding hydrogens is 302 g/mol. The molecule has 0 aromatic carbocycles. The van der Waals surface area contributed by atoms with E-state index in [1.54, 1.807) is 19.1 Å². The van der Waals surface area contributed by atoms with Crippen LogP contribution in [0.25, 0.3) is 6.08 Å². The van der Waals surface area contributed by atoms with Crippen LogP contribution in [-0.4, -0.2) is 37.0 Å². The Morgan fingerprint density at radius 2 is 2.22 bits per heavy atom. The molecule has 1 heterocycles. The fourth-order valence-electron chi connectivity index (χ4n) is 1.18. The van der Waals surface area contributed by atoms with Crippen molar-refractivity contribution in [3.05, 3.63) is 28.6 Å². The summed E-state index contributed by atoms with van der Waals surface area (Å²) < 4.78 is 10.5. The van der Waals surface area contributed by atoms with Gasteiger partial charge >= 0.3 is 5.97 Å². The van der Waals surface area contributed by atoms with Crippen molar-refractivity contribution in [3.63, 3.8) is 0 Å². The Morgan fingerprint density at radius 3 is 2.78 bits per heavy atom. The van der Waals surface area contributed by atoms with E-state index in [9.17, 15) is 9.59 Å². The third-order valence-electron chi connectivity index (χ3n) is 2.03. The molecule has 0 aliphatic rings. The first kappa shape index (κ1) is 14.5. The third-order valence-corrected chi connectivity index (χ3v) is 2.46. The number of nitrogens with zero attached hydrogens (tertiary/aromatic N) is 1. The van der Waals surface area contributed by atoms with Gasteiger partial charge in [0.05, 0.1) is 6.61 Å². The Labute approximate surface area is 114 Å². The van der Waals surface area contributed by atoms with E-state index in [1.807, 2.05) is 0 Å². The quantitative estimate of drug-likeness (QED) is 0.616. The van der Waals surface area contributed by atoms with Crippen LogP contribution < -0.4 is 0 Å². The largest absolute Gasteiger partial charge is 0.465 e. The zero-order valence-electron chi connectivity index (χ0n) is 10.2. The van der Waals surface area contributed by atoms with E-state index in [1.165, 1.54) is 24.1 Å². The Morgan fingerprint density at radius 1 is 1.50 bits per heavy atom. The Bertz CT molecular complexity index is 453. The second kappa shape index (κ2) is 7.00. The second-order valence-electron chi connectivity index (χ2n) is 3.47. The van der Waals surface area contributed by atoms with Crippen molar-refractivity contribution in [2.24, 2.45) is 0 Å². The van der Waals surface area contributed by atoms with Gasteiger partial charge in [-0.05, 0) is 41.1 Å². The molecule has 0 saturated carbocycles. The van der Waals surface area contributed by atoms with E-state index in [0.29, 0.717) is 17.0 Å². The van der Waals surface area contributed by atoms with Crippen molar-refractivity contribution in [2.45, 2.75) is 6.92 Å². The van der Waals surface area contributed by atoms with Crippen LogP contribution in [-0.2, 0) is 14.3 Å². The number of hydrogen-bond donors (Lipinski definition) is 0. The lowest BCUT2D eigenvalue weighted by Crippen LogP contribution is -2.31. The number of ether oxygens (including phenoxy) is 1. The lowest BCUT2D eigenvalue weighted by atomic mass is 10.3. The van der Waals surface area contributed by atoms with Crippen molar-refractivity contribution >= 4 is 33.9 Å². The monoisotopic (exact) mass is 315 g/mol. The normalized spacial score (nSPS) is 10.6. The summed E-state index contributed by atoms with van der Waals surface area (Å²) >= 11 is 3.16. The Kier molecular flexibility index (Phi) is 5.64. The predicted molar refractivity (Wildman–Crippen MR) is 69.7 cm³/mol. The molecule has 0 aliphatic carbocycles. The number of rotatable bonds is 5. The van der Waals surface area contributed by atoms with Crippen LogP contribution in [0.5, 0.6) is 0 Å². The highest BCUT2D eigenvalue weighted by Gasteiger charge is 2.10. The smallest absolute Gasteiger partial charge is 0.325 e. The fourth-order valence-corrected chi connectivity index (χ4v) is 1.50. The number of halogens is 1. The molecule has 5 nitrogen and oxygen atoms in total. The molecule has 18 heavy (non-hydrogen) atoms. The van der Waals surface area contributed by atoms with E-state index >= 15 is 0 Å². The molecule has 0 saturated heterocycles. The number of carbonyl (C=O) groups excluding carboxylic acids is 2. The van der Waals surface area contributed by atoms with Crippen LogP contribution in [0.1, 0.15) is 12.7 Å². The summed E-state index contributed by atoms with van der Waals surface area (Å²) in [5.74, 6) is -0.169. The number of carbonyl (C=O) groups is 2. The molecule has 0 fully saturated rings. The molecular formula is C12H14BrNO4. The maximum Gasteiger partial charge on any atom is 0.325 e. The molecule has 0 bridgehead atoms. The van der Waals surface area contributed by atoms with E-state index in [2.05, 4.69) is 15.9 Å². The Balaban J connectivity index is 2.49. The molecule has 0 spiro atoms. The van der Waals surface area contributed by atoms with Crippen molar-refractivity contribution in [3.8, 4) is 0 Å². The first-order valence-corrected chi connectivity index (χ1v) is 6.16. The molecule has 0 N–H and O–H groups in total. The van der Waals surface area contributed by atoms with Crippen molar-refractivity contribution in [2.75, 3.05) is 20.2 Å². The summed E-state index contributed by atoms with van der Waals surface area (Å²) in [6, 6.07) is 3.45. The van der Waals surface area contributed by atoms with Crippen molar-refractivity contribution < 1.29 is 18.7 Å². The van der Waals surface area contributed by atoms with Crippen LogP contribution in [0.3, 0.4) is 0 Å². The minimum Gasteiger partial charge on any atom is -0.465 e. The summed E-state index contributed by atoms with van der Waals surface area (Å²) in [4.78, 5) is 24.1. The zero-order valence-corrected chi connectivity index (χ0v) is 11.8. The molecule has 98 valence electrons. The average Bonchev–Trinajstić information content (AvgIpc) is 2.72. The van der Waals surface area contributed by atoms with E-state index in [-0.39, 0.29) is 12.5 Å². The molecule has 1 aromatic rings. The first-order chi connectivity index (χ1) is 8.52. The van der Waals surface area contributed by atoms with Gasteiger partial charge in [0.2, 0.25) is 5.91 Å². The molecule has 0 unspecified atom stereocenters. The van der Waals surface area contributed by atoms with Crippen molar-refractivity contribution in [1.82, 2.24) is 4.90 Å². The van der Waals surface area contributed by atoms with Crippen LogP contribution in [0.2, 0.25) is 0 Å². The van der Waals surface area contributed by atoms with Gasteiger partial charge in [0.25, 0.3) is 0 Å². The standard InChI is InChI=1S/C12H14BrNO4/c1-3-17-12(16)8-14(2)11(15)7-5-9-4-6-10(13)18-9/h4-7H,3,8H2,1-2H3/b7-5+. The molecule has 6 heteroatoms. The van der Waals surface area contributed by atoms with Crippen LogP contribution in [0.4, 0.5) is 0 Å². The van der Waals surface area contributed by atoms with Gasteiger partial charge in [-0.25, -0.2) is 0 Å². The number of furan rings is 1. The van der Waals surface area contributed by atoms with Gasteiger partial charge in [-0.15, -0.1) is 0 Å². The maximum atomic E-state index is 11.6. The van der Waals surface area contributed by atoms with Crippen LogP contribution in [0, 0.1) is 0 Å². The highest BCUT2D eigenvalue weighted by molar-refractivity contribution is 9.10. The van der Waals surface area contributed by atoms with Gasteiger partial charge in [-0.1, -0.05) is 0 Å². The summed E-state index contributed by atoms with van der Waals surface area (Å²) in [5.41, 5.74) is 0. The number of likely N-dealkylation sites (N-methyl/N-ethyl adjacent to an activating group) is 1. The molecule has 0 aliphatic heterocycles. The molecule has 1 amide bonds. The zero-order chi connectivity index (χ0) is 13.5.